The van der Waals surface area contributed by atoms with Crippen molar-refractivity contribution in [2.45, 2.75) is 31.5 Å². The van der Waals surface area contributed by atoms with Crippen LogP contribution < -0.4 is 16.4 Å². The third-order valence-corrected chi connectivity index (χ3v) is 5.92. The van der Waals surface area contributed by atoms with Crippen LogP contribution in [0.1, 0.15) is 39.5 Å². The monoisotopic (exact) mass is 438 g/mol. The van der Waals surface area contributed by atoms with E-state index in [-0.39, 0.29) is 5.91 Å². The Balaban J connectivity index is 1.12. The van der Waals surface area contributed by atoms with E-state index >= 15 is 0 Å². The third-order valence-electron chi connectivity index (χ3n) is 5.92. The van der Waals surface area contributed by atoms with Gasteiger partial charge in [0, 0.05) is 24.1 Å². The number of nitrogens with one attached hydrogen (secondary N) is 2. The summed E-state index contributed by atoms with van der Waals surface area (Å²) in [6.07, 6.45) is 3.13. The first kappa shape index (κ1) is 20.9. The second-order valence-corrected chi connectivity index (χ2v) is 8.39. The number of carbonyl (C=O) groups excluding carboxylic acids is 1. The van der Waals surface area contributed by atoms with Gasteiger partial charge in [-0.05, 0) is 41.8 Å². The summed E-state index contributed by atoms with van der Waals surface area (Å²) in [5.74, 6) is 0.401. The quantitative estimate of drug-likeness (QED) is 0.364. The number of anilines is 2. The van der Waals surface area contributed by atoms with E-state index in [1.165, 1.54) is 5.56 Å². The lowest BCUT2D eigenvalue weighted by molar-refractivity contribution is 0.102. The summed E-state index contributed by atoms with van der Waals surface area (Å²) >= 11 is 0. The van der Waals surface area contributed by atoms with Crippen molar-refractivity contribution >= 4 is 17.3 Å². The number of amides is 1. The van der Waals surface area contributed by atoms with Crippen LogP contribution in [-0.4, -0.2) is 26.9 Å². The van der Waals surface area contributed by atoms with Gasteiger partial charge in [0.05, 0.1) is 29.8 Å². The van der Waals surface area contributed by atoms with E-state index in [0.717, 1.165) is 17.7 Å². The molecular weight excluding hydrogens is 412 g/mol. The molecule has 1 fully saturated rings. The summed E-state index contributed by atoms with van der Waals surface area (Å²) in [7, 11) is 0. The van der Waals surface area contributed by atoms with Crippen molar-refractivity contribution in [2.24, 2.45) is 0 Å². The number of hydrogen-bond donors (Lipinski definition) is 3. The van der Waals surface area contributed by atoms with Crippen molar-refractivity contribution < 1.29 is 4.79 Å². The molecule has 1 amide bonds. The maximum Gasteiger partial charge on any atom is 0.255 e. The number of carbonyl (C=O) groups is 1. The predicted octanol–water partition coefficient (Wildman–Crippen LogP) is 3.81. The minimum atomic E-state index is -0.192. The van der Waals surface area contributed by atoms with Crippen molar-refractivity contribution in [3.8, 4) is 0 Å². The van der Waals surface area contributed by atoms with Crippen LogP contribution in [0.15, 0.2) is 85.1 Å². The molecule has 7 nitrogen and oxygen atoms in total. The molecule has 4 N–H and O–H groups in total. The largest absolute Gasteiger partial charge is 0.397 e. The van der Waals surface area contributed by atoms with Crippen molar-refractivity contribution in [3.05, 3.63) is 107 Å². The number of rotatable bonds is 8. The molecule has 1 aliphatic carbocycles. The van der Waals surface area contributed by atoms with Crippen LogP contribution >= 0.6 is 0 Å². The summed E-state index contributed by atoms with van der Waals surface area (Å²) in [6.45, 7) is 1.30. The summed E-state index contributed by atoms with van der Waals surface area (Å²) < 4.78 is 1.82. The Morgan fingerprint density at radius 3 is 2.55 bits per heavy atom. The molecule has 0 aliphatic heterocycles. The molecule has 0 spiro atoms. The van der Waals surface area contributed by atoms with E-state index in [0.29, 0.717) is 42.0 Å². The van der Waals surface area contributed by atoms with Crippen LogP contribution in [0.3, 0.4) is 0 Å². The van der Waals surface area contributed by atoms with E-state index in [4.69, 9.17) is 5.73 Å². The van der Waals surface area contributed by atoms with Crippen LogP contribution in [0.25, 0.3) is 0 Å². The normalized spacial score (nSPS) is 17.0. The Bertz CT molecular complexity index is 1240. The zero-order valence-corrected chi connectivity index (χ0v) is 18.2. The molecule has 1 heterocycles. The van der Waals surface area contributed by atoms with E-state index in [2.05, 4.69) is 51.3 Å². The topological polar surface area (TPSA) is 97.9 Å². The number of para-hydroxylation sites is 2. The lowest BCUT2D eigenvalue weighted by Crippen LogP contribution is -2.17. The molecule has 2 unspecified atom stereocenters. The van der Waals surface area contributed by atoms with Crippen LogP contribution in [-0.2, 0) is 13.1 Å². The van der Waals surface area contributed by atoms with Gasteiger partial charge >= 0.3 is 0 Å². The van der Waals surface area contributed by atoms with Gasteiger partial charge in [0.25, 0.3) is 5.91 Å². The van der Waals surface area contributed by atoms with Gasteiger partial charge in [-0.3, -0.25) is 4.79 Å². The van der Waals surface area contributed by atoms with E-state index < -0.39 is 0 Å². The van der Waals surface area contributed by atoms with Crippen LogP contribution in [0.5, 0.6) is 0 Å². The lowest BCUT2D eigenvalue weighted by atomic mass is 10.1. The number of nitrogens with two attached hydrogens (primary N) is 1. The molecular formula is C26H26N6O. The summed E-state index contributed by atoms with van der Waals surface area (Å²) in [6, 6.07) is 25.8. The van der Waals surface area contributed by atoms with Crippen molar-refractivity contribution in [3.63, 3.8) is 0 Å². The number of hydrogen-bond acceptors (Lipinski definition) is 5. The molecule has 3 aromatic carbocycles. The van der Waals surface area contributed by atoms with Crippen LogP contribution in [0, 0.1) is 0 Å². The second kappa shape index (κ2) is 9.26. The van der Waals surface area contributed by atoms with Gasteiger partial charge in [-0.15, -0.1) is 5.10 Å². The first-order chi connectivity index (χ1) is 16.2. The average Bonchev–Trinajstić information content (AvgIpc) is 3.50. The Hall–Kier alpha value is -3.97. The maximum atomic E-state index is 12.5. The SMILES string of the molecule is Nc1ccccc1NC(=O)c1ccc(Cn2cc(CNC3CC3c3ccccc3)nn2)cc1. The smallest absolute Gasteiger partial charge is 0.255 e. The standard InChI is InChI=1S/C26H26N6O/c27-23-8-4-5-9-24(23)29-26(33)20-12-10-18(11-13-20)16-32-17-21(30-31-32)15-28-25-14-22(25)19-6-2-1-3-7-19/h1-13,17,22,25,28H,14-16,27H2,(H,29,33). The molecule has 5 rings (SSSR count). The molecule has 7 heteroatoms. The van der Waals surface area contributed by atoms with Crippen molar-refractivity contribution in [1.29, 1.82) is 0 Å². The zero-order valence-electron chi connectivity index (χ0n) is 18.2. The highest BCUT2D eigenvalue weighted by atomic mass is 16.1. The summed E-state index contributed by atoms with van der Waals surface area (Å²) in [4.78, 5) is 12.5. The molecule has 4 aromatic rings. The van der Waals surface area contributed by atoms with Crippen LogP contribution in [0.2, 0.25) is 0 Å². The molecule has 166 valence electrons. The van der Waals surface area contributed by atoms with E-state index in [1.807, 2.05) is 35.1 Å². The molecule has 1 saturated carbocycles. The number of benzene rings is 3. The van der Waals surface area contributed by atoms with Crippen molar-refractivity contribution in [2.75, 3.05) is 11.1 Å². The Morgan fingerprint density at radius 2 is 1.76 bits per heavy atom. The Kier molecular flexibility index (Phi) is 5.87. The maximum absolute atomic E-state index is 12.5. The molecule has 1 aromatic heterocycles. The fraction of sp³-hybridized carbons (Fsp3) is 0.192. The molecule has 0 saturated heterocycles. The fourth-order valence-corrected chi connectivity index (χ4v) is 3.98. The third kappa shape index (κ3) is 5.10. The summed E-state index contributed by atoms with van der Waals surface area (Å²) in [5.41, 5.74) is 11.0. The second-order valence-electron chi connectivity index (χ2n) is 8.39. The van der Waals surface area contributed by atoms with Gasteiger partial charge in [0.1, 0.15) is 0 Å². The minimum absolute atomic E-state index is 0.192. The van der Waals surface area contributed by atoms with E-state index in [9.17, 15) is 4.79 Å². The van der Waals surface area contributed by atoms with Gasteiger partial charge in [-0.2, -0.15) is 0 Å². The molecule has 0 radical (unpaired) electrons. The molecule has 2 atom stereocenters. The molecule has 33 heavy (non-hydrogen) atoms. The van der Waals surface area contributed by atoms with Crippen LogP contribution in [0.4, 0.5) is 11.4 Å². The average molecular weight is 439 g/mol. The van der Waals surface area contributed by atoms with Crippen molar-refractivity contribution in [1.82, 2.24) is 20.3 Å². The number of aromatic nitrogens is 3. The Morgan fingerprint density at radius 1 is 1.00 bits per heavy atom. The highest BCUT2D eigenvalue weighted by Crippen LogP contribution is 2.40. The number of nitrogens with zero attached hydrogens (tertiary/aromatic N) is 3. The van der Waals surface area contributed by atoms with Gasteiger partial charge in [0.2, 0.25) is 0 Å². The van der Waals surface area contributed by atoms with Gasteiger partial charge < -0.3 is 16.4 Å². The Labute approximate surface area is 192 Å². The van der Waals surface area contributed by atoms with Gasteiger partial charge in [-0.1, -0.05) is 59.8 Å². The highest BCUT2D eigenvalue weighted by molar-refractivity contribution is 6.05. The molecule has 1 aliphatic rings. The number of nitrogen functional groups attached to an aromatic ring is 1. The highest BCUT2D eigenvalue weighted by Gasteiger charge is 2.37. The summed E-state index contributed by atoms with van der Waals surface area (Å²) in [5, 5.41) is 14.9. The zero-order chi connectivity index (χ0) is 22.6. The van der Waals surface area contributed by atoms with Gasteiger partial charge in [-0.25, -0.2) is 4.68 Å². The fourth-order valence-electron chi connectivity index (χ4n) is 3.98. The lowest BCUT2D eigenvalue weighted by Gasteiger charge is -2.08. The van der Waals surface area contributed by atoms with Gasteiger partial charge in [0.15, 0.2) is 0 Å². The first-order valence-corrected chi connectivity index (χ1v) is 11.1. The minimum Gasteiger partial charge on any atom is -0.397 e. The first-order valence-electron chi connectivity index (χ1n) is 11.1. The predicted molar refractivity (Wildman–Crippen MR) is 129 cm³/mol. The van der Waals surface area contributed by atoms with E-state index in [1.54, 1.807) is 24.3 Å². The molecule has 0 bridgehead atoms.